The molecule has 1 fully saturated rings. The molecule has 1 aliphatic rings. The highest BCUT2D eigenvalue weighted by molar-refractivity contribution is 6.30. The molecule has 0 radical (unpaired) electrons. The molecule has 2 amide bonds. The van der Waals surface area contributed by atoms with Gasteiger partial charge in [-0.25, -0.2) is 0 Å². The molecule has 2 aromatic rings. The van der Waals surface area contributed by atoms with Gasteiger partial charge in [-0.05, 0) is 61.4 Å². The fraction of sp³-hybridized carbons (Fsp3) is 0.318. The van der Waals surface area contributed by atoms with Gasteiger partial charge in [0.05, 0.1) is 5.92 Å². The van der Waals surface area contributed by atoms with E-state index < -0.39 is 36.5 Å². The second kappa shape index (κ2) is 10.6. The third kappa shape index (κ3) is 7.38. The van der Waals surface area contributed by atoms with E-state index in [-0.39, 0.29) is 11.6 Å². The van der Waals surface area contributed by atoms with Gasteiger partial charge in [0.25, 0.3) is 11.8 Å². The number of hydrogen-bond acceptors (Lipinski definition) is 5. The van der Waals surface area contributed by atoms with E-state index in [9.17, 15) is 27.6 Å². The number of anilines is 1. The Morgan fingerprint density at radius 3 is 2.18 bits per heavy atom. The Balaban J connectivity index is 1.40. The van der Waals surface area contributed by atoms with Crippen LogP contribution < -0.4 is 10.1 Å². The predicted octanol–water partition coefficient (Wildman–Crippen LogP) is 4.27. The summed E-state index contributed by atoms with van der Waals surface area (Å²) in [4.78, 5) is 38.4. The van der Waals surface area contributed by atoms with E-state index in [1.807, 2.05) is 0 Å². The first-order chi connectivity index (χ1) is 15.6. The lowest BCUT2D eigenvalue weighted by atomic mass is 9.96. The zero-order valence-electron chi connectivity index (χ0n) is 17.2. The van der Waals surface area contributed by atoms with Gasteiger partial charge in [-0.1, -0.05) is 11.6 Å². The molecule has 3 rings (SSSR count). The van der Waals surface area contributed by atoms with E-state index in [2.05, 4.69) is 10.1 Å². The first-order valence-electron chi connectivity index (χ1n) is 9.98. The second-order valence-corrected chi connectivity index (χ2v) is 7.74. The highest BCUT2D eigenvalue weighted by Crippen LogP contribution is 2.24. The van der Waals surface area contributed by atoms with Gasteiger partial charge in [-0.15, -0.1) is 13.2 Å². The quantitative estimate of drug-likeness (QED) is 0.619. The maximum absolute atomic E-state index is 12.5. The van der Waals surface area contributed by atoms with Gasteiger partial charge < -0.3 is 19.7 Å². The first kappa shape index (κ1) is 24.4. The number of carbonyl (C=O) groups is 3. The highest BCUT2D eigenvalue weighted by Gasteiger charge is 2.31. The minimum Gasteiger partial charge on any atom is -0.455 e. The van der Waals surface area contributed by atoms with E-state index in [1.165, 1.54) is 12.1 Å². The Hall–Kier alpha value is -3.27. The standard InChI is InChI=1S/C22H20ClF3N2O5/c23-16-3-1-14(2-4-16)20(30)28-11-9-15(10-12-28)21(31)32-13-19(29)27-17-5-7-18(8-6-17)33-22(24,25)26/h1-8,15H,9-13H2,(H,27,29). The lowest BCUT2D eigenvalue weighted by molar-refractivity contribution is -0.274. The van der Waals surface area contributed by atoms with Crippen LogP contribution in [0.25, 0.3) is 0 Å². The van der Waals surface area contributed by atoms with Crippen LogP contribution in [0.5, 0.6) is 5.75 Å². The van der Waals surface area contributed by atoms with Crippen LogP contribution in [0.1, 0.15) is 23.2 Å². The Bertz CT molecular complexity index is 989. The molecule has 0 aromatic heterocycles. The van der Waals surface area contributed by atoms with Crippen molar-refractivity contribution in [2.24, 2.45) is 5.92 Å². The Labute approximate surface area is 192 Å². The van der Waals surface area contributed by atoms with Crippen molar-refractivity contribution in [1.29, 1.82) is 0 Å². The molecular weight excluding hydrogens is 465 g/mol. The van der Waals surface area contributed by atoms with Crippen LogP contribution >= 0.6 is 11.6 Å². The largest absolute Gasteiger partial charge is 0.573 e. The van der Waals surface area contributed by atoms with Crippen molar-refractivity contribution in [1.82, 2.24) is 4.90 Å². The molecule has 2 aromatic carbocycles. The molecular formula is C22H20ClF3N2O5. The van der Waals surface area contributed by atoms with Crippen molar-refractivity contribution >= 4 is 35.1 Å². The molecule has 0 atom stereocenters. The summed E-state index contributed by atoms with van der Waals surface area (Å²) >= 11 is 5.83. The van der Waals surface area contributed by atoms with Gasteiger partial charge >= 0.3 is 12.3 Å². The van der Waals surface area contributed by atoms with Crippen LogP contribution in [0.15, 0.2) is 48.5 Å². The van der Waals surface area contributed by atoms with E-state index in [0.717, 1.165) is 12.1 Å². The summed E-state index contributed by atoms with van der Waals surface area (Å²) in [6, 6.07) is 11.1. The van der Waals surface area contributed by atoms with Gasteiger partial charge in [0.15, 0.2) is 6.61 Å². The van der Waals surface area contributed by atoms with Crippen LogP contribution in [-0.2, 0) is 14.3 Å². The van der Waals surface area contributed by atoms with Crippen molar-refractivity contribution in [2.75, 3.05) is 25.0 Å². The Kier molecular flexibility index (Phi) is 7.80. The molecule has 0 bridgehead atoms. The molecule has 1 saturated heterocycles. The van der Waals surface area contributed by atoms with Gasteiger partial charge in [0, 0.05) is 29.4 Å². The van der Waals surface area contributed by atoms with Crippen LogP contribution in [0.3, 0.4) is 0 Å². The van der Waals surface area contributed by atoms with Crippen LogP contribution in [0, 0.1) is 5.92 Å². The number of nitrogens with one attached hydrogen (secondary N) is 1. The van der Waals surface area contributed by atoms with E-state index in [1.54, 1.807) is 29.2 Å². The fourth-order valence-corrected chi connectivity index (χ4v) is 3.41. The number of ether oxygens (including phenoxy) is 2. The van der Waals surface area contributed by atoms with Crippen LogP contribution in [-0.4, -0.2) is 48.7 Å². The molecule has 0 spiro atoms. The third-order valence-electron chi connectivity index (χ3n) is 4.92. The average molecular weight is 485 g/mol. The topological polar surface area (TPSA) is 84.9 Å². The number of carbonyl (C=O) groups excluding carboxylic acids is 3. The van der Waals surface area contributed by atoms with Crippen molar-refractivity contribution in [3.8, 4) is 5.75 Å². The molecule has 1 aliphatic heterocycles. The minimum absolute atomic E-state index is 0.149. The van der Waals surface area contributed by atoms with Crippen molar-refractivity contribution in [2.45, 2.75) is 19.2 Å². The molecule has 176 valence electrons. The number of nitrogens with zero attached hydrogens (tertiary/aromatic N) is 1. The van der Waals surface area contributed by atoms with Gasteiger partial charge in [-0.3, -0.25) is 14.4 Å². The summed E-state index contributed by atoms with van der Waals surface area (Å²) in [5.41, 5.74) is 0.731. The number of rotatable bonds is 6. The van der Waals surface area contributed by atoms with Crippen LogP contribution in [0.4, 0.5) is 18.9 Å². The smallest absolute Gasteiger partial charge is 0.455 e. The van der Waals surface area contributed by atoms with E-state index >= 15 is 0 Å². The Morgan fingerprint density at radius 1 is 1.00 bits per heavy atom. The summed E-state index contributed by atoms with van der Waals surface area (Å²) in [6.45, 7) is 0.211. The summed E-state index contributed by atoms with van der Waals surface area (Å²) in [5, 5.41) is 2.95. The second-order valence-electron chi connectivity index (χ2n) is 7.30. The number of amides is 2. The summed E-state index contributed by atoms with van der Waals surface area (Å²) in [5.74, 6) is -2.19. The molecule has 0 saturated carbocycles. The third-order valence-corrected chi connectivity index (χ3v) is 5.18. The normalized spacial score (nSPS) is 14.5. The zero-order valence-corrected chi connectivity index (χ0v) is 18.0. The van der Waals surface area contributed by atoms with Gasteiger partial charge in [-0.2, -0.15) is 0 Å². The molecule has 0 aliphatic carbocycles. The lowest BCUT2D eigenvalue weighted by Crippen LogP contribution is -2.41. The predicted molar refractivity (Wildman–Crippen MR) is 113 cm³/mol. The number of piperidine rings is 1. The number of benzene rings is 2. The molecule has 0 unspecified atom stereocenters. The number of likely N-dealkylation sites (tertiary alicyclic amines) is 1. The number of esters is 1. The fourth-order valence-electron chi connectivity index (χ4n) is 3.28. The maximum Gasteiger partial charge on any atom is 0.573 e. The van der Waals surface area contributed by atoms with E-state index in [0.29, 0.717) is 36.5 Å². The SMILES string of the molecule is O=C(COC(=O)C1CCN(C(=O)c2ccc(Cl)cc2)CC1)Nc1ccc(OC(F)(F)F)cc1. The number of alkyl halides is 3. The average Bonchev–Trinajstić information content (AvgIpc) is 2.78. The van der Waals surface area contributed by atoms with Crippen LogP contribution in [0.2, 0.25) is 5.02 Å². The number of halogens is 4. The first-order valence-corrected chi connectivity index (χ1v) is 10.4. The lowest BCUT2D eigenvalue weighted by Gasteiger charge is -2.31. The summed E-state index contributed by atoms with van der Waals surface area (Å²) < 4.78 is 45.3. The molecule has 7 nitrogen and oxygen atoms in total. The highest BCUT2D eigenvalue weighted by atomic mass is 35.5. The van der Waals surface area contributed by atoms with Crippen molar-refractivity contribution < 1.29 is 37.0 Å². The molecule has 1 heterocycles. The van der Waals surface area contributed by atoms with Gasteiger partial charge in [0.2, 0.25) is 0 Å². The molecule has 33 heavy (non-hydrogen) atoms. The minimum atomic E-state index is -4.81. The monoisotopic (exact) mass is 484 g/mol. The number of hydrogen-bond donors (Lipinski definition) is 1. The van der Waals surface area contributed by atoms with E-state index in [4.69, 9.17) is 16.3 Å². The Morgan fingerprint density at radius 2 is 1.61 bits per heavy atom. The van der Waals surface area contributed by atoms with Crippen molar-refractivity contribution in [3.05, 3.63) is 59.1 Å². The maximum atomic E-state index is 12.5. The molecule has 1 N–H and O–H groups in total. The zero-order chi connectivity index (χ0) is 24.0. The van der Waals surface area contributed by atoms with Crippen molar-refractivity contribution in [3.63, 3.8) is 0 Å². The molecule has 11 heteroatoms. The van der Waals surface area contributed by atoms with Gasteiger partial charge in [0.1, 0.15) is 5.75 Å². The summed E-state index contributed by atoms with van der Waals surface area (Å²) in [7, 11) is 0. The summed E-state index contributed by atoms with van der Waals surface area (Å²) in [6.07, 6.45) is -4.00.